The van der Waals surface area contributed by atoms with E-state index in [4.69, 9.17) is 4.74 Å². The third kappa shape index (κ3) is 3.50. The van der Waals surface area contributed by atoms with Crippen LogP contribution in [0.1, 0.15) is 24.0 Å². The van der Waals surface area contributed by atoms with Crippen molar-refractivity contribution >= 4 is 15.9 Å². The lowest BCUT2D eigenvalue weighted by Crippen LogP contribution is -2.30. The Labute approximate surface area is 123 Å². The molecule has 1 N–H and O–H groups in total. The molecule has 1 aromatic rings. The van der Waals surface area contributed by atoms with Crippen molar-refractivity contribution in [2.45, 2.75) is 31.8 Å². The van der Waals surface area contributed by atoms with Gasteiger partial charge in [0.2, 0.25) is 0 Å². The van der Waals surface area contributed by atoms with Crippen LogP contribution in [-0.4, -0.2) is 37.7 Å². The van der Waals surface area contributed by atoms with Gasteiger partial charge in [-0.2, -0.15) is 0 Å². The monoisotopic (exact) mass is 324 g/mol. The summed E-state index contributed by atoms with van der Waals surface area (Å²) in [5, 5.41) is 3.55. The first-order valence-electron chi connectivity index (χ1n) is 7.08. The molecule has 1 aliphatic carbocycles. The van der Waals surface area contributed by atoms with Crippen molar-refractivity contribution in [1.82, 2.24) is 10.2 Å². The summed E-state index contributed by atoms with van der Waals surface area (Å²) >= 11 is 3.60. The SMILES string of the molecule is CN(CCNC1CC1)Cc1cc(Br)cc2c1OCC2. The molecule has 0 radical (unpaired) electrons. The quantitative estimate of drug-likeness (QED) is 0.870. The van der Waals surface area contributed by atoms with Crippen molar-refractivity contribution in [3.05, 3.63) is 27.7 Å². The zero-order valence-corrected chi connectivity index (χ0v) is 13.0. The minimum atomic E-state index is 0.798. The average Bonchev–Trinajstić information content (AvgIpc) is 3.05. The van der Waals surface area contributed by atoms with Crippen molar-refractivity contribution in [3.8, 4) is 5.75 Å². The Morgan fingerprint density at radius 1 is 1.42 bits per heavy atom. The van der Waals surface area contributed by atoms with Gasteiger partial charge < -0.3 is 15.0 Å². The van der Waals surface area contributed by atoms with E-state index in [9.17, 15) is 0 Å². The molecule has 19 heavy (non-hydrogen) atoms. The van der Waals surface area contributed by atoms with Gasteiger partial charge in [0.05, 0.1) is 6.61 Å². The van der Waals surface area contributed by atoms with Gasteiger partial charge in [0.1, 0.15) is 5.75 Å². The molecule has 1 heterocycles. The zero-order valence-electron chi connectivity index (χ0n) is 11.4. The van der Waals surface area contributed by atoms with E-state index in [2.05, 4.69) is 45.3 Å². The maximum Gasteiger partial charge on any atom is 0.127 e. The third-order valence-corrected chi connectivity index (χ3v) is 4.23. The Hall–Kier alpha value is -0.580. The highest BCUT2D eigenvalue weighted by molar-refractivity contribution is 9.10. The van der Waals surface area contributed by atoms with Crippen molar-refractivity contribution < 1.29 is 4.74 Å². The van der Waals surface area contributed by atoms with Crippen LogP contribution >= 0.6 is 15.9 Å². The van der Waals surface area contributed by atoms with E-state index in [0.717, 1.165) is 48.9 Å². The minimum absolute atomic E-state index is 0.798. The Balaban J connectivity index is 1.58. The number of benzene rings is 1. The van der Waals surface area contributed by atoms with E-state index >= 15 is 0 Å². The van der Waals surface area contributed by atoms with E-state index in [1.54, 1.807) is 0 Å². The van der Waals surface area contributed by atoms with Gasteiger partial charge >= 0.3 is 0 Å². The molecule has 3 rings (SSSR count). The molecule has 0 aromatic heterocycles. The topological polar surface area (TPSA) is 24.5 Å². The van der Waals surface area contributed by atoms with Gasteiger partial charge in [-0.05, 0) is 37.6 Å². The lowest BCUT2D eigenvalue weighted by molar-refractivity contribution is 0.308. The number of hydrogen-bond donors (Lipinski definition) is 1. The summed E-state index contributed by atoms with van der Waals surface area (Å²) in [6.45, 7) is 3.94. The smallest absolute Gasteiger partial charge is 0.127 e. The van der Waals surface area contributed by atoms with Gasteiger partial charge in [-0.3, -0.25) is 0 Å². The van der Waals surface area contributed by atoms with Gasteiger partial charge in [0.25, 0.3) is 0 Å². The van der Waals surface area contributed by atoms with Crippen molar-refractivity contribution in [2.75, 3.05) is 26.7 Å². The molecular formula is C15H21BrN2O. The van der Waals surface area contributed by atoms with E-state index < -0.39 is 0 Å². The van der Waals surface area contributed by atoms with Crippen molar-refractivity contribution in [2.24, 2.45) is 0 Å². The van der Waals surface area contributed by atoms with E-state index in [0.29, 0.717) is 0 Å². The first-order valence-corrected chi connectivity index (χ1v) is 7.87. The molecule has 0 atom stereocenters. The van der Waals surface area contributed by atoms with Crippen LogP contribution in [-0.2, 0) is 13.0 Å². The van der Waals surface area contributed by atoms with Crippen LogP contribution < -0.4 is 10.1 Å². The van der Waals surface area contributed by atoms with Crippen LogP contribution in [0.3, 0.4) is 0 Å². The zero-order chi connectivity index (χ0) is 13.2. The summed E-state index contributed by atoms with van der Waals surface area (Å²) in [5.41, 5.74) is 2.64. The number of nitrogens with zero attached hydrogens (tertiary/aromatic N) is 1. The van der Waals surface area contributed by atoms with Gasteiger partial charge in [0.15, 0.2) is 0 Å². The molecule has 0 unspecified atom stereocenters. The second-order valence-corrected chi connectivity index (χ2v) is 6.53. The average molecular weight is 325 g/mol. The molecule has 1 fully saturated rings. The molecule has 0 saturated heterocycles. The van der Waals surface area contributed by atoms with Crippen molar-refractivity contribution in [3.63, 3.8) is 0 Å². The second kappa shape index (κ2) is 5.81. The highest BCUT2D eigenvalue weighted by Crippen LogP contribution is 2.33. The van der Waals surface area contributed by atoms with Crippen LogP contribution in [0.25, 0.3) is 0 Å². The molecule has 1 saturated carbocycles. The normalized spacial score (nSPS) is 17.6. The number of nitrogens with one attached hydrogen (secondary N) is 1. The Kier molecular flexibility index (Phi) is 4.10. The maximum absolute atomic E-state index is 5.78. The molecular weight excluding hydrogens is 304 g/mol. The predicted octanol–water partition coefficient (Wildman–Crippen LogP) is 2.57. The van der Waals surface area contributed by atoms with Crippen LogP contribution in [0, 0.1) is 0 Å². The first kappa shape index (κ1) is 13.4. The van der Waals surface area contributed by atoms with E-state index in [-0.39, 0.29) is 0 Å². The third-order valence-electron chi connectivity index (χ3n) is 3.77. The fourth-order valence-electron chi connectivity index (χ4n) is 2.58. The summed E-state index contributed by atoms with van der Waals surface area (Å²) in [4.78, 5) is 2.36. The second-order valence-electron chi connectivity index (χ2n) is 5.62. The lowest BCUT2D eigenvalue weighted by Gasteiger charge is -2.19. The van der Waals surface area contributed by atoms with E-state index in [1.165, 1.54) is 24.0 Å². The molecule has 2 aliphatic rings. The molecule has 104 valence electrons. The molecule has 1 aliphatic heterocycles. The van der Waals surface area contributed by atoms with Gasteiger partial charge in [-0.15, -0.1) is 0 Å². The first-order chi connectivity index (χ1) is 9.22. The van der Waals surface area contributed by atoms with Crippen LogP contribution in [0.4, 0.5) is 0 Å². The summed E-state index contributed by atoms with van der Waals surface area (Å²) in [6, 6.07) is 5.17. The van der Waals surface area contributed by atoms with Crippen molar-refractivity contribution in [1.29, 1.82) is 0 Å². The maximum atomic E-state index is 5.78. The Morgan fingerprint density at radius 2 is 2.26 bits per heavy atom. The standard InChI is InChI=1S/C15H21BrN2O/c1-18(6-5-17-14-2-3-14)10-12-9-13(16)8-11-4-7-19-15(11)12/h8-9,14,17H,2-7,10H2,1H3. The summed E-state index contributed by atoms with van der Waals surface area (Å²) < 4.78 is 6.94. The molecule has 0 amide bonds. The fraction of sp³-hybridized carbons (Fsp3) is 0.600. The van der Waals surface area contributed by atoms with Gasteiger partial charge in [-0.1, -0.05) is 15.9 Å². The molecule has 3 nitrogen and oxygen atoms in total. The number of rotatable bonds is 6. The summed E-state index contributed by atoms with van der Waals surface area (Å²) in [5.74, 6) is 1.12. The van der Waals surface area contributed by atoms with Gasteiger partial charge in [-0.25, -0.2) is 0 Å². The van der Waals surface area contributed by atoms with Crippen LogP contribution in [0.15, 0.2) is 16.6 Å². The highest BCUT2D eigenvalue weighted by atomic mass is 79.9. The number of ether oxygens (including phenoxy) is 1. The number of fused-ring (bicyclic) bond motifs is 1. The summed E-state index contributed by atoms with van der Waals surface area (Å²) in [7, 11) is 2.18. The number of halogens is 1. The molecule has 1 aromatic carbocycles. The fourth-order valence-corrected chi connectivity index (χ4v) is 3.13. The highest BCUT2D eigenvalue weighted by Gasteiger charge is 2.20. The van der Waals surface area contributed by atoms with Crippen LogP contribution in [0.5, 0.6) is 5.75 Å². The Morgan fingerprint density at radius 3 is 3.05 bits per heavy atom. The number of hydrogen-bond acceptors (Lipinski definition) is 3. The van der Waals surface area contributed by atoms with Crippen LogP contribution in [0.2, 0.25) is 0 Å². The summed E-state index contributed by atoms with van der Waals surface area (Å²) in [6.07, 6.45) is 3.75. The Bertz CT molecular complexity index is 460. The number of likely N-dealkylation sites (N-methyl/N-ethyl adjacent to an activating group) is 1. The van der Waals surface area contributed by atoms with E-state index in [1.807, 2.05) is 0 Å². The van der Waals surface area contributed by atoms with Gasteiger partial charge in [0, 0.05) is 42.1 Å². The lowest BCUT2D eigenvalue weighted by atomic mass is 10.1. The largest absolute Gasteiger partial charge is 0.493 e. The molecule has 0 bridgehead atoms. The minimum Gasteiger partial charge on any atom is -0.493 e. The molecule has 4 heteroatoms. The molecule has 0 spiro atoms. The predicted molar refractivity (Wildman–Crippen MR) is 80.7 cm³/mol.